The monoisotopic (exact) mass is 284 g/mol. The van der Waals surface area contributed by atoms with Gasteiger partial charge < -0.3 is 10.4 Å². The SMILES string of the molecule is Cc1cc(C)cc([C@H](CCO)N2CCNCC2)c1.Cl. The largest absolute Gasteiger partial charge is 0.396 e. The molecule has 0 saturated carbocycles. The summed E-state index contributed by atoms with van der Waals surface area (Å²) in [5.41, 5.74) is 3.97. The Labute approximate surface area is 122 Å². The molecule has 0 amide bonds. The minimum absolute atomic E-state index is 0. The summed E-state index contributed by atoms with van der Waals surface area (Å²) >= 11 is 0. The van der Waals surface area contributed by atoms with Crippen molar-refractivity contribution in [3.05, 3.63) is 34.9 Å². The summed E-state index contributed by atoms with van der Waals surface area (Å²) in [6.45, 7) is 8.77. The minimum atomic E-state index is 0. The Balaban J connectivity index is 0.00000180. The first-order valence-electron chi connectivity index (χ1n) is 6.84. The van der Waals surface area contributed by atoms with Crippen molar-refractivity contribution in [1.82, 2.24) is 10.2 Å². The molecule has 19 heavy (non-hydrogen) atoms. The van der Waals surface area contributed by atoms with Crippen LogP contribution in [0.1, 0.15) is 29.2 Å². The van der Waals surface area contributed by atoms with Crippen LogP contribution in [0.15, 0.2) is 18.2 Å². The van der Waals surface area contributed by atoms with Crippen LogP contribution in [0.4, 0.5) is 0 Å². The first-order valence-corrected chi connectivity index (χ1v) is 6.84. The van der Waals surface area contributed by atoms with Gasteiger partial charge in [0.25, 0.3) is 0 Å². The van der Waals surface area contributed by atoms with E-state index in [-0.39, 0.29) is 19.0 Å². The van der Waals surface area contributed by atoms with E-state index in [2.05, 4.69) is 42.3 Å². The van der Waals surface area contributed by atoms with Gasteiger partial charge in [-0.2, -0.15) is 0 Å². The highest BCUT2D eigenvalue weighted by molar-refractivity contribution is 5.85. The van der Waals surface area contributed by atoms with Gasteiger partial charge in [-0.25, -0.2) is 0 Å². The summed E-state index contributed by atoms with van der Waals surface area (Å²) in [6.07, 6.45) is 0.822. The van der Waals surface area contributed by atoms with Crippen molar-refractivity contribution in [2.75, 3.05) is 32.8 Å². The molecule has 1 heterocycles. The van der Waals surface area contributed by atoms with Gasteiger partial charge in [0.15, 0.2) is 0 Å². The Hall–Kier alpha value is -0.610. The maximum atomic E-state index is 9.32. The smallest absolute Gasteiger partial charge is 0.0449 e. The molecule has 2 N–H and O–H groups in total. The molecule has 0 radical (unpaired) electrons. The van der Waals surface area contributed by atoms with Crippen LogP contribution in [0.3, 0.4) is 0 Å². The Morgan fingerprint density at radius 1 is 1.16 bits per heavy atom. The predicted octanol–water partition coefficient (Wildman–Crippen LogP) is 2.05. The summed E-state index contributed by atoms with van der Waals surface area (Å²) in [6, 6.07) is 7.08. The highest BCUT2D eigenvalue weighted by Crippen LogP contribution is 2.26. The van der Waals surface area contributed by atoms with Crippen LogP contribution in [0.25, 0.3) is 0 Å². The van der Waals surface area contributed by atoms with Crippen LogP contribution < -0.4 is 5.32 Å². The van der Waals surface area contributed by atoms with Crippen molar-refractivity contribution in [3.8, 4) is 0 Å². The average molecular weight is 285 g/mol. The van der Waals surface area contributed by atoms with E-state index in [9.17, 15) is 5.11 Å². The Bertz CT molecular complexity index is 371. The zero-order chi connectivity index (χ0) is 13.0. The molecular formula is C15H25ClN2O. The Morgan fingerprint density at radius 3 is 2.26 bits per heavy atom. The zero-order valence-electron chi connectivity index (χ0n) is 11.9. The van der Waals surface area contributed by atoms with Gasteiger partial charge in [0.05, 0.1) is 0 Å². The van der Waals surface area contributed by atoms with E-state index in [0.29, 0.717) is 6.04 Å². The second-order valence-corrected chi connectivity index (χ2v) is 5.24. The molecule has 0 aliphatic carbocycles. The molecule has 0 unspecified atom stereocenters. The van der Waals surface area contributed by atoms with E-state index < -0.39 is 0 Å². The molecular weight excluding hydrogens is 260 g/mol. The lowest BCUT2D eigenvalue weighted by molar-refractivity contribution is 0.141. The number of benzene rings is 1. The molecule has 3 nitrogen and oxygen atoms in total. The molecule has 1 aliphatic heterocycles. The molecule has 1 saturated heterocycles. The van der Waals surface area contributed by atoms with Gasteiger partial charge in [-0.1, -0.05) is 29.3 Å². The summed E-state index contributed by atoms with van der Waals surface area (Å²) in [5.74, 6) is 0. The van der Waals surface area contributed by atoms with E-state index in [1.807, 2.05) is 0 Å². The van der Waals surface area contributed by atoms with E-state index in [1.165, 1.54) is 16.7 Å². The predicted molar refractivity (Wildman–Crippen MR) is 82.1 cm³/mol. The van der Waals surface area contributed by atoms with Gasteiger partial charge in [0.1, 0.15) is 0 Å². The van der Waals surface area contributed by atoms with Crippen molar-refractivity contribution in [2.45, 2.75) is 26.3 Å². The first-order chi connectivity index (χ1) is 8.70. The lowest BCUT2D eigenvalue weighted by atomic mass is 9.97. The number of rotatable bonds is 4. The van der Waals surface area contributed by atoms with Crippen LogP contribution >= 0.6 is 12.4 Å². The van der Waals surface area contributed by atoms with Crippen LogP contribution in [0.2, 0.25) is 0 Å². The van der Waals surface area contributed by atoms with Gasteiger partial charge in [-0.3, -0.25) is 4.90 Å². The van der Waals surface area contributed by atoms with E-state index in [4.69, 9.17) is 0 Å². The Morgan fingerprint density at radius 2 is 1.74 bits per heavy atom. The summed E-state index contributed by atoms with van der Waals surface area (Å²) in [5, 5.41) is 12.7. The van der Waals surface area contributed by atoms with Gasteiger partial charge in [0.2, 0.25) is 0 Å². The van der Waals surface area contributed by atoms with Crippen molar-refractivity contribution in [2.24, 2.45) is 0 Å². The number of nitrogens with one attached hydrogen (secondary N) is 1. The average Bonchev–Trinajstić information content (AvgIpc) is 2.36. The van der Waals surface area contributed by atoms with Crippen LogP contribution in [-0.4, -0.2) is 42.8 Å². The third-order valence-corrected chi connectivity index (χ3v) is 3.62. The molecule has 1 fully saturated rings. The lowest BCUT2D eigenvalue weighted by Crippen LogP contribution is -2.45. The van der Waals surface area contributed by atoms with Gasteiger partial charge in [0, 0.05) is 38.8 Å². The third kappa shape index (κ3) is 4.46. The molecule has 2 rings (SSSR count). The molecule has 1 aromatic carbocycles. The number of aliphatic hydroxyl groups is 1. The van der Waals surface area contributed by atoms with E-state index >= 15 is 0 Å². The standard InChI is InChI=1S/C15H24N2O.ClH/c1-12-9-13(2)11-14(10-12)15(3-8-18)17-6-4-16-5-7-17;/h9-11,15-16,18H,3-8H2,1-2H3;1H/t15-;/m0./s1. The number of piperazine rings is 1. The molecule has 108 valence electrons. The fourth-order valence-electron chi connectivity index (χ4n) is 2.88. The highest BCUT2D eigenvalue weighted by atomic mass is 35.5. The van der Waals surface area contributed by atoms with E-state index in [0.717, 1.165) is 32.6 Å². The molecule has 1 atom stereocenters. The number of aryl methyl sites for hydroxylation is 2. The number of aliphatic hydroxyl groups excluding tert-OH is 1. The minimum Gasteiger partial charge on any atom is -0.396 e. The first kappa shape index (κ1) is 16.4. The number of hydrogen-bond acceptors (Lipinski definition) is 3. The summed E-state index contributed by atoms with van der Waals surface area (Å²) in [4.78, 5) is 2.49. The molecule has 4 heteroatoms. The van der Waals surface area contributed by atoms with Gasteiger partial charge in [-0.15, -0.1) is 12.4 Å². The normalized spacial score (nSPS) is 17.8. The molecule has 1 aromatic rings. The molecule has 0 aromatic heterocycles. The van der Waals surface area contributed by atoms with E-state index in [1.54, 1.807) is 0 Å². The maximum Gasteiger partial charge on any atom is 0.0449 e. The number of nitrogens with zero attached hydrogens (tertiary/aromatic N) is 1. The molecule has 0 spiro atoms. The van der Waals surface area contributed by atoms with Crippen molar-refractivity contribution >= 4 is 12.4 Å². The third-order valence-electron chi connectivity index (χ3n) is 3.62. The lowest BCUT2D eigenvalue weighted by Gasteiger charge is -2.35. The Kier molecular flexibility index (Phi) is 6.80. The highest BCUT2D eigenvalue weighted by Gasteiger charge is 2.21. The number of halogens is 1. The second kappa shape index (κ2) is 7.85. The van der Waals surface area contributed by atoms with Crippen LogP contribution in [0.5, 0.6) is 0 Å². The van der Waals surface area contributed by atoms with Crippen LogP contribution in [0, 0.1) is 13.8 Å². The molecule has 0 bridgehead atoms. The topological polar surface area (TPSA) is 35.5 Å². The van der Waals surface area contributed by atoms with Gasteiger partial charge in [-0.05, 0) is 25.8 Å². The van der Waals surface area contributed by atoms with Crippen molar-refractivity contribution in [3.63, 3.8) is 0 Å². The fourth-order valence-corrected chi connectivity index (χ4v) is 2.88. The van der Waals surface area contributed by atoms with Crippen molar-refractivity contribution in [1.29, 1.82) is 0 Å². The zero-order valence-corrected chi connectivity index (χ0v) is 12.7. The van der Waals surface area contributed by atoms with Crippen LogP contribution in [-0.2, 0) is 0 Å². The fraction of sp³-hybridized carbons (Fsp3) is 0.600. The second-order valence-electron chi connectivity index (χ2n) is 5.24. The van der Waals surface area contributed by atoms with Crippen molar-refractivity contribution < 1.29 is 5.11 Å². The quantitative estimate of drug-likeness (QED) is 0.888. The summed E-state index contributed by atoms with van der Waals surface area (Å²) in [7, 11) is 0. The van der Waals surface area contributed by atoms with Gasteiger partial charge >= 0.3 is 0 Å². The maximum absolute atomic E-state index is 9.32. The summed E-state index contributed by atoms with van der Waals surface area (Å²) < 4.78 is 0. The number of hydrogen-bond donors (Lipinski definition) is 2. The molecule has 1 aliphatic rings.